The number of amides is 1. The minimum absolute atomic E-state index is 0.0272. The van der Waals surface area contributed by atoms with Gasteiger partial charge in [0.25, 0.3) is 11.8 Å². The predicted octanol–water partition coefficient (Wildman–Crippen LogP) is 0.251. The maximum Gasteiger partial charge on any atom is 0.411 e. The van der Waals surface area contributed by atoms with Crippen LogP contribution in [0.25, 0.3) is 0 Å². The Morgan fingerprint density at radius 3 is 2.77 bits per heavy atom. The number of hydrogen-bond donors (Lipinski definition) is 1. The Labute approximate surface area is 74.7 Å². The van der Waals surface area contributed by atoms with Gasteiger partial charge in [-0.25, -0.2) is 14.8 Å². The van der Waals surface area contributed by atoms with Crippen molar-refractivity contribution in [1.82, 2.24) is 9.97 Å². The molecule has 1 amide bonds. The van der Waals surface area contributed by atoms with Gasteiger partial charge in [0.1, 0.15) is 0 Å². The first kappa shape index (κ1) is 9.24. The maximum absolute atomic E-state index is 10.4. The van der Waals surface area contributed by atoms with E-state index in [2.05, 4.69) is 14.7 Å². The number of rotatable bonds is 2. The molecular formula is C7H9N3O3. The number of aryl methyl sites for hydroxylation is 1. The molecule has 0 aromatic carbocycles. The average molecular weight is 183 g/mol. The van der Waals surface area contributed by atoms with Crippen LogP contribution in [0.2, 0.25) is 0 Å². The van der Waals surface area contributed by atoms with Crippen molar-refractivity contribution in [2.75, 3.05) is 7.11 Å². The van der Waals surface area contributed by atoms with E-state index in [-0.39, 0.29) is 11.8 Å². The molecule has 13 heavy (non-hydrogen) atoms. The van der Waals surface area contributed by atoms with Crippen LogP contribution in [0.4, 0.5) is 4.79 Å². The highest BCUT2D eigenvalue weighted by molar-refractivity contribution is 5.68. The lowest BCUT2D eigenvalue weighted by atomic mass is 10.5. The van der Waals surface area contributed by atoms with Crippen molar-refractivity contribution >= 4 is 6.09 Å². The highest BCUT2D eigenvalue weighted by Gasteiger charge is 2.10. The van der Waals surface area contributed by atoms with Gasteiger partial charge in [-0.2, -0.15) is 0 Å². The molecule has 6 heteroatoms. The molecule has 1 rings (SSSR count). The quantitative estimate of drug-likeness (QED) is 0.710. The number of carbonyl (C=O) groups is 1. The van der Waals surface area contributed by atoms with E-state index in [0.29, 0.717) is 5.69 Å². The van der Waals surface area contributed by atoms with Crippen molar-refractivity contribution in [3.05, 3.63) is 11.9 Å². The third kappa shape index (κ3) is 2.29. The Hall–Kier alpha value is -1.85. The van der Waals surface area contributed by atoms with E-state index < -0.39 is 6.09 Å². The molecule has 0 fully saturated rings. The number of aromatic nitrogens is 2. The zero-order chi connectivity index (χ0) is 9.84. The normalized spacial score (nSPS) is 9.38. The third-order valence-electron chi connectivity index (χ3n) is 1.22. The summed E-state index contributed by atoms with van der Waals surface area (Å²) < 4.78 is 9.35. The van der Waals surface area contributed by atoms with Gasteiger partial charge in [-0.15, -0.1) is 0 Å². The summed E-state index contributed by atoms with van der Waals surface area (Å²) in [6, 6.07) is 0. The van der Waals surface area contributed by atoms with Crippen LogP contribution in [0.5, 0.6) is 11.8 Å². The number of nitrogens with two attached hydrogens (primary N) is 1. The monoisotopic (exact) mass is 183 g/mol. The van der Waals surface area contributed by atoms with Crippen LogP contribution >= 0.6 is 0 Å². The fraction of sp³-hybridized carbons (Fsp3) is 0.286. The van der Waals surface area contributed by atoms with Gasteiger partial charge in [0.05, 0.1) is 19.0 Å². The van der Waals surface area contributed by atoms with Crippen LogP contribution in [-0.4, -0.2) is 23.2 Å². The molecule has 1 aromatic rings. The van der Waals surface area contributed by atoms with Crippen LogP contribution in [0, 0.1) is 6.92 Å². The molecule has 0 spiro atoms. The topological polar surface area (TPSA) is 87.3 Å². The lowest BCUT2D eigenvalue weighted by Gasteiger charge is -2.04. The second-order valence-electron chi connectivity index (χ2n) is 2.25. The zero-order valence-corrected chi connectivity index (χ0v) is 7.27. The van der Waals surface area contributed by atoms with E-state index in [1.807, 2.05) is 0 Å². The molecular weight excluding hydrogens is 174 g/mol. The summed E-state index contributed by atoms with van der Waals surface area (Å²) in [7, 11) is 1.40. The Morgan fingerprint density at radius 1 is 1.54 bits per heavy atom. The molecule has 0 aliphatic heterocycles. The van der Waals surface area contributed by atoms with Crippen molar-refractivity contribution in [2.45, 2.75) is 6.92 Å². The molecule has 0 saturated heterocycles. The molecule has 0 aliphatic carbocycles. The van der Waals surface area contributed by atoms with Crippen LogP contribution in [0.15, 0.2) is 6.20 Å². The number of primary amides is 1. The van der Waals surface area contributed by atoms with Crippen LogP contribution in [-0.2, 0) is 0 Å². The van der Waals surface area contributed by atoms with E-state index in [1.54, 1.807) is 6.92 Å². The van der Waals surface area contributed by atoms with E-state index in [1.165, 1.54) is 13.3 Å². The Kier molecular flexibility index (Phi) is 2.63. The van der Waals surface area contributed by atoms with Crippen molar-refractivity contribution in [1.29, 1.82) is 0 Å². The molecule has 1 heterocycles. The van der Waals surface area contributed by atoms with Crippen molar-refractivity contribution in [3.63, 3.8) is 0 Å². The van der Waals surface area contributed by atoms with Gasteiger partial charge in [0, 0.05) is 0 Å². The van der Waals surface area contributed by atoms with Gasteiger partial charge in [-0.05, 0) is 6.92 Å². The number of nitrogens with zero attached hydrogens (tertiary/aromatic N) is 2. The molecule has 2 N–H and O–H groups in total. The molecule has 0 radical (unpaired) electrons. The van der Waals surface area contributed by atoms with Gasteiger partial charge in [-0.1, -0.05) is 0 Å². The molecule has 0 saturated carbocycles. The minimum atomic E-state index is -0.948. The molecule has 70 valence electrons. The van der Waals surface area contributed by atoms with Gasteiger partial charge in [-0.3, -0.25) is 0 Å². The number of methoxy groups -OCH3 is 1. The Morgan fingerprint density at radius 2 is 2.23 bits per heavy atom. The summed E-state index contributed by atoms with van der Waals surface area (Å²) in [6.45, 7) is 1.74. The first-order chi connectivity index (χ1) is 6.13. The van der Waals surface area contributed by atoms with E-state index >= 15 is 0 Å². The first-order valence-electron chi connectivity index (χ1n) is 3.48. The van der Waals surface area contributed by atoms with Crippen molar-refractivity contribution in [2.24, 2.45) is 5.73 Å². The second kappa shape index (κ2) is 3.70. The predicted molar refractivity (Wildman–Crippen MR) is 43.5 cm³/mol. The van der Waals surface area contributed by atoms with Crippen molar-refractivity contribution in [3.8, 4) is 11.8 Å². The molecule has 0 atom stereocenters. The summed E-state index contributed by atoms with van der Waals surface area (Å²) in [5.74, 6) is 0.111. The first-order valence-corrected chi connectivity index (χ1v) is 3.48. The van der Waals surface area contributed by atoms with Crippen LogP contribution in [0.3, 0.4) is 0 Å². The highest BCUT2D eigenvalue weighted by atomic mass is 16.6. The van der Waals surface area contributed by atoms with Crippen molar-refractivity contribution < 1.29 is 14.3 Å². The highest BCUT2D eigenvalue weighted by Crippen LogP contribution is 2.20. The summed E-state index contributed by atoms with van der Waals surface area (Å²) in [4.78, 5) is 18.1. The number of ether oxygens (including phenoxy) is 2. The van der Waals surface area contributed by atoms with Gasteiger partial charge in [0.2, 0.25) is 0 Å². The second-order valence-corrected chi connectivity index (χ2v) is 2.25. The standard InChI is InChI=1S/C7H9N3O3/c1-4-3-9-5(13-7(8)11)6(10-4)12-2/h3H,1-2H3,(H2,8,11). The Balaban J connectivity index is 2.99. The summed E-state index contributed by atoms with van der Waals surface area (Å²) >= 11 is 0. The van der Waals surface area contributed by atoms with E-state index in [0.717, 1.165) is 0 Å². The smallest absolute Gasteiger partial charge is 0.411 e. The molecule has 6 nitrogen and oxygen atoms in total. The zero-order valence-electron chi connectivity index (χ0n) is 7.27. The third-order valence-corrected chi connectivity index (χ3v) is 1.22. The average Bonchev–Trinajstić information content (AvgIpc) is 2.07. The largest absolute Gasteiger partial charge is 0.477 e. The fourth-order valence-corrected chi connectivity index (χ4v) is 0.742. The molecule has 1 aromatic heterocycles. The maximum atomic E-state index is 10.4. The lowest BCUT2D eigenvalue weighted by molar-refractivity contribution is 0.205. The van der Waals surface area contributed by atoms with E-state index in [4.69, 9.17) is 10.5 Å². The summed E-state index contributed by atoms with van der Waals surface area (Å²) in [5.41, 5.74) is 5.46. The van der Waals surface area contributed by atoms with Gasteiger partial charge in [0.15, 0.2) is 0 Å². The summed E-state index contributed by atoms with van der Waals surface area (Å²) in [5, 5.41) is 0. The molecule has 0 unspecified atom stereocenters. The lowest BCUT2D eigenvalue weighted by Crippen LogP contribution is -2.17. The van der Waals surface area contributed by atoms with Gasteiger partial charge >= 0.3 is 6.09 Å². The van der Waals surface area contributed by atoms with E-state index in [9.17, 15) is 4.79 Å². The SMILES string of the molecule is COc1nc(C)cnc1OC(N)=O. The van der Waals surface area contributed by atoms with Crippen LogP contribution < -0.4 is 15.2 Å². The van der Waals surface area contributed by atoms with Crippen LogP contribution in [0.1, 0.15) is 5.69 Å². The number of hydrogen-bond acceptors (Lipinski definition) is 5. The van der Waals surface area contributed by atoms with Gasteiger partial charge < -0.3 is 15.2 Å². The molecule has 0 aliphatic rings. The minimum Gasteiger partial charge on any atom is -0.477 e. The Bertz CT molecular complexity index is 327. The molecule has 0 bridgehead atoms. The summed E-state index contributed by atoms with van der Waals surface area (Å²) in [6.07, 6.45) is 0.498. The fourth-order valence-electron chi connectivity index (χ4n) is 0.742. The number of carbonyl (C=O) groups excluding carboxylic acids is 1.